The van der Waals surface area contributed by atoms with E-state index in [1.54, 1.807) is 13.0 Å². The highest BCUT2D eigenvalue weighted by Gasteiger charge is 2.33. The molecular weight excluding hydrogens is 276 g/mol. The average molecular weight is 294 g/mol. The molecule has 1 saturated carbocycles. The summed E-state index contributed by atoms with van der Waals surface area (Å²) in [5, 5.41) is 23.0. The zero-order chi connectivity index (χ0) is 15.4. The first-order chi connectivity index (χ1) is 9.99. The molecule has 1 aliphatic carbocycles. The minimum absolute atomic E-state index is 0.00265. The Kier molecular flexibility index (Phi) is 4.62. The van der Waals surface area contributed by atoms with E-state index in [1.807, 2.05) is 0 Å². The van der Waals surface area contributed by atoms with Crippen molar-refractivity contribution in [2.75, 3.05) is 11.9 Å². The molecule has 21 heavy (non-hydrogen) atoms. The molecule has 1 fully saturated rings. The van der Waals surface area contributed by atoms with Gasteiger partial charge in [-0.1, -0.05) is 0 Å². The smallest absolute Gasteiger partial charge is 0.305 e. The fourth-order valence-corrected chi connectivity index (χ4v) is 2.26. The minimum Gasteiger partial charge on any atom is -0.494 e. The molecule has 0 spiro atoms. The van der Waals surface area contributed by atoms with Gasteiger partial charge in [-0.25, -0.2) is 0 Å². The number of rotatable bonds is 8. The summed E-state index contributed by atoms with van der Waals surface area (Å²) in [7, 11) is 0. The fourth-order valence-electron chi connectivity index (χ4n) is 2.26. The second-order valence-electron chi connectivity index (χ2n) is 5.09. The first kappa shape index (κ1) is 15.1. The summed E-state index contributed by atoms with van der Waals surface area (Å²) in [6, 6.07) is 4.21. The van der Waals surface area contributed by atoms with Crippen molar-refractivity contribution in [1.82, 2.24) is 0 Å². The number of nitrogens with zero attached hydrogens (tertiary/aromatic N) is 1. The quantitative estimate of drug-likeness (QED) is 0.564. The predicted octanol–water partition coefficient (Wildman–Crippen LogP) is 2.66. The number of nitro benzene ring substituents is 1. The van der Waals surface area contributed by atoms with Crippen LogP contribution in [0.3, 0.4) is 0 Å². The topological polar surface area (TPSA) is 102 Å². The number of non-ortho nitro benzene ring substituents is 1. The van der Waals surface area contributed by atoms with Crippen molar-refractivity contribution >= 4 is 17.3 Å². The summed E-state index contributed by atoms with van der Waals surface area (Å²) in [5.74, 6) is -0.162. The highest BCUT2D eigenvalue weighted by Crippen LogP contribution is 2.36. The third kappa shape index (κ3) is 4.34. The van der Waals surface area contributed by atoms with Crippen LogP contribution in [0.4, 0.5) is 11.4 Å². The van der Waals surface area contributed by atoms with Crippen LogP contribution < -0.4 is 10.1 Å². The molecule has 1 aliphatic rings. The molecule has 7 nitrogen and oxygen atoms in total. The monoisotopic (exact) mass is 294 g/mol. The maximum Gasteiger partial charge on any atom is 0.305 e. The van der Waals surface area contributed by atoms with E-state index in [-0.39, 0.29) is 18.2 Å². The van der Waals surface area contributed by atoms with E-state index >= 15 is 0 Å². The maximum atomic E-state index is 10.9. The van der Waals surface area contributed by atoms with Gasteiger partial charge in [-0.2, -0.15) is 0 Å². The Balaban J connectivity index is 2.20. The number of carboxylic acids is 1. The third-order valence-corrected chi connectivity index (χ3v) is 3.35. The van der Waals surface area contributed by atoms with Crippen molar-refractivity contribution in [2.24, 2.45) is 5.92 Å². The van der Waals surface area contributed by atoms with Gasteiger partial charge in [-0.15, -0.1) is 0 Å². The van der Waals surface area contributed by atoms with Crippen molar-refractivity contribution in [1.29, 1.82) is 0 Å². The largest absolute Gasteiger partial charge is 0.494 e. The van der Waals surface area contributed by atoms with E-state index in [9.17, 15) is 14.9 Å². The second kappa shape index (κ2) is 6.43. The van der Waals surface area contributed by atoms with Crippen LogP contribution in [-0.4, -0.2) is 28.6 Å². The number of carboxylic acid groups (broad SMARTS) is 1. The van der Waals surface area contributed by atoms with Crippen molar-refractivity contribution in [3.05, 3.63) is 28.3 Å². The van der Waals surface area contributed by atoms with Crippen LogP contribution in [0.25, 0.3) is 0 Å². The standard InChI is InChI=1S/C14H18N2O5/c1-2-21-12-6-10(5-11(7-12)16(19)20)15-13(8-14(17)18)9-3-4-9/h5-7,9,13,15H,2-4,8H2,1H3,(H,17,18). The van der Waals surface area contributed by atoms with E-state index in [1.165, 1.54) is 12.1 Å². The molecule has 0 saturated heterocycles. The number of nitrogens with one attached hydrogen (secondary N) is 1. The Hall–Kier alpha value is -2.31. The van der Waals surface area contributed by atoms with E-state index in [0.717, 1.165) is 12.8 Å². The van der Waals surface area contributed by atoms with Gasteiger partial charge in [0, 0.05) is 23.9 Å². The number of aliphatic carboxylic acids is 1. The van der Waals surface area contributed by atoms with Crippen LogP contribution in [0.2, 0.25) is 0 Å². The molecule has 1 aromatic carbocycles. The first-order valence-corrected chi connectivity index (χ1v) is 6.90. The normalized spacial score (nSPS) is 15.3. The molecule has 0 bridgehead atoms. The summed E-state index contributed by atoms with van der Waals surface area (Å²) >= 11 is 0. The van der Waals surface area contributed by atoms with Gasteiger partial charge in [-0.05, 0) is 25.7 Å². The number of ether oxygens (including phenoxy) is 1. The highest BCUT2D eigenvalue weighted by molar-refractivity contribution is 5.69. The van der Waals surface area contributed by atoms with Crippen LogP contribution in [0.1, 0.15) is 26.2 Å². The van der Waals surface area contributed by atoms with Crippen LogP contribution in [0.15, 0.2) is 18.2 Å². The molecule has 0 aliphatic heterocycles. The Bertz CT molecular complexity index is 542. The lowest BCUT2D eigenvalue weighted by molar-refractivity contribution is -0.384. The SMILES string of the molecule is CCOc1cc(NC(CC(=O)O)C2CC2)cc([N+](=O)[O-])c1. The predicted molar refractivity (Wildman–Crippen MR) is 76.7 cm³/mol. The van der Waals surface area contributed by atoms with E-state index in [4.69, 9.17) is 9.84 Å². The summed E-state index contributed by atoms with van der Waals surface area (Å²) in [4.78, 5) is 21.4. The van der Waals surface area contributed by atoms with Crippen LogP contribution in [-0.2, 0) is 4.79 Å². The molecule has 1 aromatic rings. The van der Waals surface area contributed by atoms with Crippen LogP contribution in [0.5, 0.6) is 5.75 Å². The molecule has 0 heterocycles. The Morgan fingerprint density at radius 2 is 2.24 bits per heavy atom. The molecule has 114 valence electrons. The maximum absolute atomic E-state index is 10.9. The van der Waals surface area contributed by atoms with Crippen molar-refractivity contribution in [3.63, 3.8) is 0 Å². The lowest BCUT2D eigenvalue weighted by Gasteiger charge is -2.18. The van der Waals surface area contributed by atoms with Gasteiger partial charge < -0.3 is 15.2 Å². The zero-order valence-corrected chi connectivity index (χ0v) is 11.7. The summed E-state index contributed by atoms with van der Waals surface area (Å²) in [6.45, 7) is 2.20. The van der Waals surface area contributed by atoms with Gasteiger partial charge in [0.05, 0.1) is 24.0 Å². The van der Waals surface area contributed by atoms with Gasteiger partial charge in [0.15, 0.2) is 0 Å². The number of carbonyl (C=O) groups is 1. The molecule has 1 unspecified atom stereocenters. The van der Waals surface area contributed by atoms with Gasteiger partial charge in [0.25, 0.3) is 5.69 Å². The number of benzene rings is 1. The lowest BCUT2D eigenvalue weighted by atomic mass is 10.1. The number of hydrogen-bond donors (Lipinski definition) is 2. The summed E-state index contributed by atoms with van der Waals surface area (Å²) < 4.78 is 5.32. The Morgan fingerprint density at radius 3 is 2.76 bits per heavy atom. The van der Waals surface area contributed by atoms with Gasteiger partial charge >= 0.3 is 5.97 Å². The lowest BCUT2D eigenvalue weighted by Crippen LogP contribution is -2.25. The Morgan fingerprint density at radius 1 is 1.52 bits per heavy atom. The van der Waals surface area contributed by atoms with Crippen molar-refractivity contribution in [2.45, 2.75) is 32.2 Å². The highest BCUT2D eigenvalue weighted by atomic mass is 16.6. The molecule has 0 amide bonds. The number of hydrogen-bond acceptors (Lipinski definition) is 5. The van der Waals surface area contributed by atoms with Crippen LogP contribution >= 0.6 is 0 Å². The Labute approximate surface area is 122 Å². The van der Waals surface area contributed by atoms with Crippen molar-refractivity contribution in [3.8, 4) is 5.75 Å². The van der Waals surface area contributed by atoms with Crippen LogP contribution in [0, 0.1) is 16.0 Å². The molecule has 0 radical (unpaired) electrons. The number of nitro groups is 1. The molecular formula is C14H18N2O5. The first-order valence-electron chi connectivity index (χ1n) is 6.90. The zero-order valence-electron chi connectivity index (χ0n) is 11.7. The third-order valence-electron chi connectivity index (χ3n) is 3.35. The molecule has 1 atom stereocenters. The van der Waals surface area contributed by atoms with E-state index in [0.29, 0.717) is 24.0 Å². The summed E-state index contributed by atoms with van der Waals surface area (Å²) in [5.41, 5.74) is 0.444. The van der Waals surface area contributed by atoms with E-state index in [2.05, 4.69) is 5.32 Å². The fraction of sp³-hybridized carbons (Fsp3) is 0.500. The van der Waals surface area contributed by atoms with E-state index < -0.39 is 10.9 Å². The molecule has 7 heteroatoms. The molecule has 2 rings (SSSR count). The van der Waals surface area contributed by atoms with Gasteiger partial charge in [0.2, 0.25) is 0 Å². The van der Waals surface area contributed by atoms with Gasteiger partial charge in [-0.3, -0.25) is 14.9 Å². The average Bonchev–Trinajstić information content (AvgIpc) is 3.21. The molecule has 0 aromatic heterocycles. The number of anilines is 1. The van der Waals surface area contributed by atoms with Crippen molar-refractivity contribution < 1.29 is 19.6 Å². The molecule has 2 N–H and O–H groups in total. The second-order valence-corrected chi connectivity index (χ2v) is 5.09. The minimum atomic E-state index is -0.880. The summed E-state index contributed by atoms with van der Waals surface area (Å²) in [6.07, 6.45) is 1.97. The van der Waals surface area contributed by atoms with Gasteiger partial charge in [0.1, 0.15) is 5.75 Å².